The van der Waals surface area contributed by atoms with Gasteiger partial charge in [0, 0.05) is 10.8 Å². The third kappa shape index (κ3) is 5.50. The highest BCUT2D eigenvalue weighted by atomic mass is 16.7. The first kappa shape index (κ1) is 33.4. The molecule has 0 radical (unpaired) electrons. The maximum absolute atomic E-state index is 6.42. The lowest BCUT2D eigenvalue weighted by molar-refractivity contribution is 0.00578. The predicted octanol–water partition coefficient (Wildman–Crippen LogP) is 8.13. The number of rotatable bonds is 6. The molecule has 4 aromatic carbocycles. The van der Waals surface area contributed by atoms with Crippen LogP contribution in [0.15, 0.2) is 109 Å². The van der Waals surface area contributed by atoms with E-state index in [-0.39, 0.29) is 47.5 Å². The molecule has 7 rings (SSSR count). The average Bonchev–Trinajstić information content (AvgIpc) is 3.45. The van der Waals surface area contributed by atoms with Gasteiger partial charge in [-0.25, -0.2) is 0 Å². The lowest BCUT2D eigenvalue weighted by atomic mass is 9.55. The van der Waals surface area contributed by atoms with Gasteiger partial charge in [-0.05, 0) is 114 Å². The van der Waals surface area contributed by atoms with E-state index in [1.165, 1.54) is 22.3 Å². The van der Waals surface area contributed by atoms with Gasteiger partial charge in [-0.1, -0.05) is 109 Å². The zero-order valence-corrected chi connectivity index (χ0v) is 30.0. The van der Waals surface area contributed by atoms with E-state index in [0.717, 1.165) is 36.6 Å². The summed E-state index contributed by atoms with van der Waals surface area (Å²) in [5.74, 6) is 0. The molecule has 6 heteroatoms. The first-order valence-corrected chi connectivity index (χ1v) is 17.7. The highest BCUT2D eigenvalue weighted by Crippen LogP contribution is 2.54. The zero-order chi connectivity index (χ0) is 34.0. The molecule has 0 bridgehead atoms. The van der Waals surface area contributed by atoms with Crippen LogP contribution in [0, 0.1) is 0 Å². The van der Waals surface area contributed by atoms with Crippen LogP contribution < -0.4 is 10.9 Å². The van der Waals surface area contributed by atoms with Gasteiger partial charge in [0.1, 0.15) is 0 Å². The van der Waals surface area contributed by atoms with E-state index in [0.29, 0.717) is 0 Å². The molecule has 2 aliphatic heterocycles. The van der Waals surface area contributed by atoms with Gasteiger partial charge in [-0.3, -0.25) is 0 Å². The van der Waals surface area contributed by atoms with Crippen LogP contribution in [0.4, 0.5) is 0 Å². The fourth-order valence-electron chi connectivity index (χ4n) is 7.98. The second-order valence-electron chi connectivity index (χ2n) is 16.3. The Bertz CT molecular complexity index is 1570. The largest absolute Gasteiger partial charge is 0.494 e. The van der Waals surface area contributed by atoms with E-state index in [1.807, 2.05) is 0 Å². The van der Waals surface area contributed by atoms with E-state index >= 15 is 0 Å². The lowest BCUT2D eigenvalue weighted by Gasteiger charge is -2.48. The summed E-state index contributed by atoms with van der Waals surface area (Å²) < 4.78 is 25.7. The minimum atomic E-state index is -0.380. The Labute approximate surface area is 288 Å². The maximum atomic E-state index is 6.42. The monoisotopic (exact) mass is 640 g/mol. The van der Waals surface area contributed by atoms with Gasteiger partial charge >= 0.3 is 14.2 Å². The van der Waals surface area contributed by atoms with Gasteiger partial charge in [0.15, 0.2) is 0 Å². The summed E-state index contributed by atoms with van der Waals surface area (Å²) in [6.45, 7) is 16.9. The van der Waals surface area contributed by atoms with Crippen molar-refractivity contribution in [2.75, 3.05) is 0 Å². The van der Waals surface area contributed by atoms with E-state index < -0.39 is 0 Å². The second kappa shape index (κ2) is 11.7. The van der Waals surface area contributed by atoms with Gasteiger partial charge in [0.2, 0.25) is 0 Å². The second-order valence-corrected chi connectivity index (χ2v) is 16.3. The minimum Gasteiger partial charge on any atom is -0.399 e. The standard InChI is InChI=1S/C42H50B2O4/c1-37(2)38(3,4)46-43(45-37)35-23-19-33(20-24-35)42(34-21-25-36(26-22-34)44-47-39(5,6)40(7,8)48-44)29-27-41(28-30-42,31-15-11-9-12-16-31)32-17-13-10-14-18-32/h9-26H,27-30H2,1-8H3. The molecule has 0 N–H and O–H groups in total. The maximum Gasteiger partial charge on any atom is 0.494 e. The molecular weight excluding hydrogens is 590 g/mol. The average molecular weight is 640 g/mol. The molecule has 0 unspecified atom stereocenters. The van der Waals surface area contributed by atoms with Gasteiger partial charge in [-0.2, -0.15) is 0 Å². The van der Waals surface area contributed by atoms with Crippen LogP contribution in [0.2, 0.25) is 0 Å². The Morgan fingerprint density at radius 3 is 0.875 bits per heavy atom. The third-order valence-corrected chi connectivity index (χ3v) is 12.6. The highest BCUT2D eigenvalue weighted by Gasteiger charge is 2.53. The molecule has 48 heavy (non-hydrogen) atoms. The van der Waals surface area contributed by atoms with Crippen LogP contribution >= 0.6 is 0 Å². The molecule has 4 nitrogen and oxygen atoms in total. The highest BCUT2D eigenvalue weighted by molar-refractivity contribution is 6.62. The molecular formula is C42H50B2O4. The van der Waals surface area contributed by atoms with Gasteiger partial charge in [0.05, 0.1) is 22.4 Å². The lowest BCUT2D eigenvalue weighted by Crippen LogP contribution is -2.42. The molecule has 0 spiro atoms. The van der Waals surface area contributed by atoms with Crippen molar-refractivity contribution in [2.24, 2.45) is 0 Å². The summed E-state index contributed by atoms with van der Waals surface area (Å²) in [6.07, 6.45) is 4.11. The van der Waals surface area contributed by atoms with Crippen molar-refractivity contribution in [1.82, 2.24) is 0 Å². The van der Waals surface area contributed by atoms with Crippen LogP contribution in [-0.2, 0) is 29.4 Å². The molecule has 248 valence electrons. The van der Waals surface area contributed by atoms with Gasteiger partial charge in [0.25, 0.3) is 0 Å². The molecule has 2 saturated heterocycles. The normalized spacial score (nSPS) is 23.2. The summed E-state index contributed by atoms with van der Waals surface area (Å²) in [5.41, 5.74) is 5.88. The van der Waals surface area contributed by atoms with E-state index in [2.05, 4.69) is 165 Å². The molecule has 3 aliphatic rings. The van der Waals surface area contributed by atoms with Crippen LogP contribution in [-0.4, -0.2) is 36.6 Å². The molecule has 2 heterocycles. The fraction of sp³-hybridized carbons (Fsp3) is 0.429. The van der Waals surface area contributed by atoms with E-state index in [4.69, 9.17) is 18.6 Å². The Balaban J connectivity index is 1.26. The predicted molar refractivity (Wildman–Crippen MR) is 197 cm³/mol. The van der Waals surface area contributed by atoms with Crippen LogP contribution in [0.5, 0.6) is 0 Å². The van der Waals surface area contributed by atoms with Gasteiger partial charge < -0.3 is 18.6 Å². The summed E-state index contributed by atoms with van der Waals surface area (Å²) in [7, 11) is -0.760. The number of hydrogen-bond acceptors (Lipinski definition) is 4. The van der Waals surface area contributed by atoms with E-state index in [9.17, 15) is 0 Å². The summed E-state index contributed by atoms with van der Waals surface area (Å²) in [4.78, 5) is 0. The molecule has 1 saturated carbocycles. The minimum absolute atomic E-state index is 0.0444. The Morgan fingerprint density at radius 2 is 0.604 bits per heavy atom. The SMILES string of the molecule is CC1(C)OB(c2ccc(C3(c4ccc(B5OC(C)(C)C(C)(C)O5)cc4)CCC(c4ccccc4)(c4ccccc4)CC3)cc2)OC1(C)C. The third-order valence-electron chi connectivity index (χ3n) is 12.6. The number of benzene rings is 4. The first-order chi connectivity index (χ1) is 22.7. The van der Waals surface area contributed by atoms with Crippen molar-refractivity contribution in [3.63, 3.8) is 0 Å². The zero-order valence-electron chi connectivity index (χ0n) is 30.0. The quantitative estimate of drug-likeness (QED) is 0.200. The summed E-state index contributed by atoms with van der Waals surface area (Å²) in [5, 5.41) is 0. The van der Waals surface area contributed by atoms with Crippen LogP contribution in [0.1, 0.15) is 103 Å². The molecule has 0 atom stereocenters. The topological polar surface area (TPSA) is 36.9 Å². The van der Waals surface area contributed by atoms with Crippen LogP contribution in [0.3, 0.4) is 0 Å². The summed E-state index contributed by atoms with van der Waals surface area (Å²) >= 11 is 0. The smallest absolute Gasteiger partial charge is 0.399 e. The van der Waals surface area contributed by atoms with Crippen LogP contribution in [0.25, 0.3) is 0 Å². The van der Waals surface area contributed by atoms with Crippen molar-refractivity contribution in [3.05, 3.63) is 131 Å². The van der Waals surface area contributed by atoms with Crippen molar-refractivity contribution in [3.8, 4) is 0 Å². The van der Waals surface area contributed by atoms with Gasteiger partial charge in [-0.15, -0.1) is 0 Å². The molecule has 0 aromatic heterocycles. The van der Waals surface area contributed by atoms with Crippen molar-refractivity contribution >= 4 is 25.2 Å². The van der Waals surface area contributed by atoms with Crippen molar-refractivity contribution in [1.29, 1.82) is 0 Å². The molecule has 1 aliphatic carbocycles. The number of hydrogen-bond donors (Lipinski definition) is 0. The first-order valence-electron chi connectivity index (χ1n) is 17.7. The summed E-state index contributed by atoms with van der Waals surface area (Å²) in [6, 6.07) is 40.4. The molecule has 4 aromatic rings. The Hall–Kier alpha value is -3.15. The van der Waals surface area contributed by atoms with Crippen molar-refractivity contribution < 1.29 is 18.6 Å². The van der Waals surface area contributed by atoms with Crippen molar-refractivity contribution in [2.45, 2.75) is 114 Å². The molecule has 0 amide bonds. The van der Waals surface area contributed by atoms with E-state index in [1.54, 1.807) is 0 Å². The fourth-order valence-corrected chi connectivity index (χ4v) is 7.98. The molecule has 3 fully saturated rings. The Morgan fingerprint density at radius 1 is 0.354 bits per heavy atom. The Kier molecular flexibility index (Phi) is 8.15.